The minimum Gasteiger partial charge on any atom is -0.507 e. The van der Waals surface area contributed by atoms with Crippen LogP contribution in [0.3, 0.4) is 0 Å². The van der Waals surface area contributed by atoms with E-state index in [9.17, 15) is 10.2 Å². The molecule has 0 bridgehead atoms. The minimum atomic E-state index is -1.24. The first kappa shape index (κ1) is 12.0. The Morgan fingerprint density at radius 1 is 1.06 bits per heavy atom. The van der Waals surface area contributed by atoms with Crippen molar-refractivity contribution in [3.8, 4) is 5.75 Å². The average molecular weight is 249 g/mol. The zero-order chi connectivity index (χ0) is 12.5. The van der Waals surface area contributed by atoms with E-state index in [1.807, 2.05) is 30.3 Å². The summed E-state index contributed by atoms with van der Waals surface area (Å²) in [5.41, 5.74) is -0.0821. The van der Waals surface area contributed by atoms with Gasteiger partial charge >= 0.3 is 0 Å². The van der Waals surface area contributed by atoms with Crippen molar-refractivity contribution >= 4 is 11.6 Å². The molecule has 2 rings (SSSR count). The number of hydrogen-bond acceptors (Lipinski definition) is 2. The summed E-state index contributed by atoms with van der Waals surface area (Å²) in [6, 6.07) is 13.9. The Balaban J connectivity index is 2.52. The highest BCUT2D eigenvalue weighted by Gasteiger charge is 2.28. The van der Waals surface area contributed by atoms with Crippen molar-refractivity contribution in [1.29, 1.82) is 0 Å². The summed E-state index contributed by atoms with van der Waals surface area (Å²) in [6.07, 6.45) is 0. The second kappa shape index (κ2) is 4.40. The molecule has 2 aromatic carbocycles. The fourth-order valence-corrected chi connectivity index (χ4v) is 2.00. The molecule has 0 saturated heterocycles. The Hall–Kier alpha value is -1.51. The third-order valence-electron chi connectivity index (χ3n) is 2.82. The number of phenolic OH excluding ortho intramolecular Hbond substituents is 1. The fraction of sp³-hybridized carbons (Fsp3) is 0.143. The Labute approximate surface area is 105 Å². The van der Waals surface area contributed by atoms with Crippen molar-refractivity contribution in [2.45, 2.75) is 12.5 Å². The van der Waals surface area contributed by atoms with Crippen LogP contribution in [0, 0.1) is 0 Å². The van der Waals surface area contributed by atoms with Crippen LogP contribution >= 0.6 is 11.6 Å². The molecule has 0 fully saturated rings. The smallest absolute Gasteiger partial charge is 0.123 e. The first-order valence-electron chi connectivity index (χ1n) is 5.28. The molecule has 17 heavy (non-hydrogen) atoms. The van der Waals surface area contributed by atoms with Gasteiger partial charge in [0.25, 0.3) is 0 Å². The lowest BCUT2D eigenvalue weighted by Crippen LogP contribution is -2.22. The molecule has 2 N–H and O–H groups in total. The molecule has 0 aliphatic carbocycles. The van der Waals surface area contributed by atoms with Gasteiger partial charge in [-0.05, 0) is 24.6 Å². The van der Waals surface area contributed by atoms with Crippen LogP contribution in [0.15, 0.2) is 48.5 Å². The summed E-state index contributed by atoms with van der Waals surface area (Å²) < 4.78 is 0. The fourth-order valence-electron chi connectivity index (χ4n) is 1.83. The maximum absolute atomic E-state index is 10.5. The van der Waals surface area contributed by atoms with Gasteiger partial charge in [-0.1, -0.05) is 48.0 Å². The summed E-state index contributed by atoms with van der Waals surface area (Å²) >= 11 is 5.77. The van der Waals surface area contributed by atoms with E-state index in [1.54, 1.807) is 19.1 Å². The Morgan fingerprint density at radius 3 is 2.29 bits per heavy atom. The van der Waals surface area contributed by atoms with Gasteiger partial charge < -0.3 is 10.2 Å². The lowest BCUT2D eigenvalue weighted by atomic mass is 9.88. The predicted octanol–water partition coefficient (Wildman–Crippen LogP) is 3.30. The molecule has 2 aromatic rings. The van der Waals surface area contributed by atoms with Gasteiger partial charge in [-0.15, -0.1) is 0 Å². The van der Waals surface area contributed by atoms with Crippen LogP contribution in [-0.2, 0) is 5.60 Å². The SMILES string of the molecule is CC(O)(c1ccccc1)c1ccc(Cl)cc1O. The summed E-state index contributed by atoms with van der Waals surface area (Å²) in [7, 11) is 0. The van der Waals surface area contributed by atoms with E-state index in [4.69, 9.17) is 11.6 Å². The molecule has 0 aromatic heterocycles. The van der Waals surface area contributed by atoms with E-state index in [0.29, 0.717) is 10.6 Å². The molecular formula is C14H13ClO2. The van der Waals surface area contributed by atoms with E-state index in [1.165, 1.54) is 6.07 Å². The molecule has 0 saturated carbocycles. The number of halogens is 1. The molecule has 0 heterocycles. The van der Waals surface area contributed by atoms with Crippen LogP contribution in [0.4, 0.5) is 0 Å². The molecule has 1 unspecified atom stereocenters. The summed E-state index contributed by atoms with van der Waals surface area (Å²) in [5.74, 6) is -0.00801. The number of aliphatic hydroxyl groups is 1. The highest BCUT2D eigenvalue weighted by atomic mass is 35.5. The van der Waals surface area contributed by atoms with E-state index in [2.05, 4.69) is 0 Å². The van der Waals surface area contributed by atoms with E-state index in [0.717, 1.165) is 5.56 Å². The van der Waals surface area contributed by atoms with Gasteiger partial charge in [0.1, 0.15) is 11.4 Å². The summed E-state index contributed by atoms with van der Waals surface area (Å²) in [5, 5.41) is 20.8. The maximum Gasteiger partial charge on any atom is 0.123 e. The number of benzene rings is 2. The molecule has 0 amide bonds. The van der Waals surface area contributed by atoms with E-state index >= 15 is 0 Å². The van der Waals surface area contributed by atoms with Crippen LogP contribution in [0.2, 0.25) is 5.02 Å². The van der Waals surface area contributed by atoms with Crippen LogP contribution in [-0.4, -0.2) is 10.2 Å². The first-order chi connectivity index (χ1) is 8.01. The monoisotopic (exact) mass is 248 g/mol. The normalized spacial score (nSPS) is 14.3. The third kappa shape index (κ3) is 2.28. The zero-order valence-electron chi connectivity index (χ0n) is 9.39. The zero-order valence-corrected chi connectivity index (χ0v) is 10.1. The first-order valence-corrected chi connectivity index (χ1v) is 5.66. The number of rotatable bonds is 2. The standard InChI is InChI=1S/C14H13ClO2/c1-14(17,10-5-3-2-4-6-10)12-8-7-11(15)9-13(12)16/h2-9,16-17H,1H3. The maximum atomic E-state index is 10.5. The van der Waals surface area contributed by atoms with Crippen molar-refractivity contribution in [1.82, 2.24) is 0 Å². The van der Waals surface area contributed by atoms with Gasteiger partial charge in [-0.25, -0.2) is 0 Å². The van der Waals surface area contributed by atoms with Crippen molar-refractivity contribution in [2.75, 3.05) is 0 Å². The number of phenols is 1. The van der Waals surface area contributed by atoms with Gasteiger partial charge in [-0.2, -0.15) is 0 Å². The van der Waals surface area contributed by atoms with Crippen LogP contribution in [0.5, 0.6) is 5.75 Å². The molecular weight excluding hydrogens is 236 g/mol. The topological polar surface area (TPSA) is 40.5 Å². The van der Waals surface area contributed by atoms with Crippen LogP contribution < -0.4 is 0 Å². The van der Waals surface area contributed by atoms with Crippen molar-refractivity contribution in [3.05, 3.63) is 64.7 Å². The van der Waals surface area contributed by atoms with Crippen molar-refractivity contribution in [3.63, 3.8) is 0 Å². The van der Waals surface area contributed by atoms with Gasteiger partial charge in [0.2, 0.25) is 0 Å². The molecule has 0 aliphatic rings. The molecule has 0 radical (unpaired) electrons. The Bertz CT molecular complexity index is 521. The summed E-state index contributed by atoms with van der Waals surface area (Å²) in [6.45, 7) is 1.64. The molecule has 1 atom stereocenters. The lowest BCUT2D eigenvalue weighted by Gasteiger charge is -2.25. The predicted molar refractivity (Wildman–Crippen MR) is 68.2 cm³/mol. The second-order valence-corrected chi connectivity index (χ2v) is 4.54. The highest BCUT2D eigenvalue weighted by Crippen LogP contribution is 2.35. The average Bonchev–Trinajstić information content (AvgIpc) is 2.29. The number of hydrogen-bond donors (Lipinski definition) is 2. The van der Waals surface area contributed by atoms with Gasteiger partial charge in [0, 0.05) is 10.6 Å². The Kier molecular flexibility index (Phi) is 3.09. The van der Waals surface area contributed by atoms with E-state index < -0.39 is 5.60 Å². The highest BCUT2D eigenvalue weighted by molar-refractivity contribution is 6.30. The second-order valence-electron chi connectivity index (χ2n) is 4.10. The largest absolute Gasteiger partial charge is 0.507 e. The molecule has 3 heteroatoms. The minimum absolute atomic E-state index is 0.00801. The van der Waals surface area contributed by atoms with Gasteiger partial charge in [0.15, 0.2) is 0 Å². The Morgan fingerprint density at radius 2 is 1.71 bits per heavy atom. The molecule has 2 nitrogen and oxygen atoms in total. The van der Waals surface area contributed by atoms with E-state index in [-0.39, 0.29) is 5.75 Å². The van der Waals surface area contributed by atoms with Crippen LogP contribution in [0.1, 0.15) is 18.1 Å². The van der Waals surface area contributed by atoms with Gasteiger partial charge in [0.05, 0.1) is 0 Å². The van der Waals surface area contributed by atoms with Crippen molar-refractivity contribution < 1.29 is 10.2 Å². The van der Waals surface area contributed by atoms with Crippen LogP contribution in [0.25, 0.3) is 0 Å². The van der Waals surface area contributed by atoms with Crippen molar-refractivity contribution in [2.24, 2.45) is 0 Å². The molecule has 0 spiro atoms. The molecule has 88 valence electrons. The third-order valence-corrected chi connectivity index (χ3v) is 3.06. The quantitative estimate of drug-likeness (QED) is 0.856. The number of aromatic hydroxyl groups is 1. The lowest BCUT2D eigenvalue weighted by molar-refractivity contribution is 0.0992. The molecule has 0 aliphatic heterocycles. The van der Waals surface area contributed by atoms with Gasteiger partial charge in [-0.3, -0.25) is 0 Å². The summed E-state index contributed by atoms with van der Waals surface area (Å²) in [4.78, 5) is 0.